The van der Waals surface area contributed by atoms with Gasteiger partial charge in [-0.1, -0.05) is 13.0 Å². The lowest BCUT2D eigenvalue weighted by Gasteiger charge is -2.35. The summed E-state index contributed by atoms with van der Waals surface area (Å²) >= 11 is 0. The van der Waals surface area contributed by atoms with Crippen molar-refractivity contribution in [1.82, 2.24) is 24.8 Å². The Morgan fingerprint density at radius 3 is 2.32 bits per heavy atom. The van der Waals surface area contributed by atoms with Gasteiger partial charge in [-0.3, -0.25) is 4.79 Å². The first-order valence-corrected chi connectivity index (χ1v) is 10.00. The van der Waals surface area contributed by atoms with Crippen LogP contribution in [0, 0.1) is 0 Å². The fourth-order valence-electron chi connectivity index (χ4n) is 3.73. The molecule has 1 amide bonds. The summed E-state index contributed by atoms with van der Waals surface area (Å²) in [5, 5.41) is 0. The van der Waals surface area contributed by atoms with Crippen LogP contribution in [-0.4, -0.2) is 89.6 Å². The van der Waals surface area contributed by atoms with Crippen LogP contribution in [0.25, 0.3) is 0 Å². The molecule has 0 unspecified atom stereocenters. The van der Waals surface area contributed by atoms with Crippen molar-refractivity contribution in [3.05, 3.63) is 42.4 Å². The molecule has 4 rings (SSSR count). The zero-order valence-electron chi connectivity index (χ0n) is 16.4. The van der Waals surface area contributed by atoms with E-state index in [-0.39, 0.29) is 5.91 Å². The minimum Gasteiger partial charge on any atom is -0.353 e. The van der Waals surface area contributed by atoms with E-state index < -0.39 is 0 Å². The number of rotatable bonds is 4. The van der Waals surface area contributed by atoms with Crippen LogP contribution in [-0.2, 0) is 0 Å². The van der Waals surface area contributed by atoms with E-state index in [1.165, 1.54) is 0 Å². The molecule has 0 saturated carbocycles. The van der Waals surface area contributed by atoms with Gasteiger partial charge in [-0.15, -0.1) is 0 Å². The number of carbonyl (C=O) groups is 1. The van der Waals surface area contributed by atoms with Crippen molar-refractivity contribution in [3.8, 4) is 0 Å². The second-order valence-electron chi connectivity index (χ2n) is 7.13. The number of nitrogens with zero attached hydrogens (tertiary/aromatic N) is 7. The van der Waals surface area contributed by atoms with Crippen LogP contribution in [0.4, 0.5) is 11.8 Å². The highest BCUT2D eigenvalue weighted by Gasteiger charge is 2.24. The molecule has 0 radical (unpaired) electrons. The SMILES string of the molecule is CCN1CCN(C(=O)c2ccnc(N3CCN(c4ccccn4)CC3)n2)CC1. The van der Waals surface area contributed by atoms with Gasteiger partial charge < -0.3 is 19.6 Å². The Labute approximate surface area is 165 Å². The van der Waals surface area contributed by atoms with Crippen molar-refractivity contribution in [2.45, 2.75) is 6.92 Å². The topological polar surface area (TPSA) is 68.7 Å². The van der Waals surface area contributed by atoms with Crippen LogP contribution in [0.2, 0.25) is 0 Å². The molecule has 148 valence electrons. The van der Waals surface area contributed by atoms with Crippen molar-refractivity contribution in [2.75, 3.05) is 68.7 Å². The highest BCUT2D eigenvalue weighted by atomic mass is 16.2. The third-order valence-electron chi connectivity index (χ3n) is 5.50. The summed E-state index contributed by atoms with van der Waals surface area (Å²) in [6, 6.07) is 7.69. The zero-order valence-corrected chi connectivity index (χ0v) is 16.4. The predicted molar refractivity (Wildman–Crippen MR) is 109 cm³/mol. The van der Waals surface area contributed by atoms with Gasteiger partial charge in [-0.2, -0.15) is 0 Å². The number of hydrogen-bond donors (Lipinski definition) is 0. The molecule has 8 heteroatoms. The number of pyridine rings is 1. The molecule has 2 aromatic rings. The first kappa shape index (κ1) is 18.6. The first-order chi connectivity index (χ1) is 13.7. The number of carbonyl (C=O) groups excluding carboxylic acids is 1. The lowest BCUT2D eigenvalue weighted by molar-refractivity contribution is 0.0637. The molecule has 2 saturated heterocycles. The molecule has 0 atom stereocenters. The van der Waals surface area contributed by atoms with Gasteiger partial charge in [-0.25, -0.2) is 15.0 Å². The van der Waals surface area contributed by atoms with Crippen LogP contribution in [0.3, 0.4) is 0 Å². The van der Waals surface area contributed by atoms with Crippen molar-refractivity contribution >= 4 is 17.7 Å². The average Bonchev–Trinajstić information content (AvgIpc) is 2.79. The number of piperazine rings is 2. The van der Waals surface area contributed by atoms with Gasteiger partial charge in [0.25, 0.3) is 5.91 Å². The van der Waals surface area contributed by atoms with Crippen molar-refractivity contribution < 1.29 is 4.79 Å². The Morgan fingerprint density at radius 1 is 0.893 bits per heavy atom. The molecule has 0 aliphatic carbocycles. The molecular weight excluding hydrogens is 354 g/mol. The van der Waals surface area contributed by atoms with Crippen LogP contribution >= 0.6 is 0 Å². The second-order valence-corrected chi connectivity index (χ2v) is 7.13. The molecule has 0 spiro atoms. The fraction of sp³-hybridized carbons (Fsp3) is 0.500. The second kappa shape index (κ2) is 8.52. The van der Waals surface area contributed by atoms with Gasteiger partial charge in [0.2, 0.25) is 5.95 Å². The highest BCUT2D eigenvalue weighted by molar-refractivity contribution is 5.92. The van der Waals surface area contributed by atoms with E-state index in [2.05, 4.69) is 36.6 Å². The van der Waals surface area contributed by atoms with Gasteiger partial charge in [0.15, 0.2) is 0 Å². The maximum Gasteiger partial charge on any atom is 0.272 e. The fourth-order valence-corrected chi connectivity index (χ4v) is 3.73. The summed E-state index contributed by atoms with van der Waals surface area (Å²) in [5.74, 6) is 1.64. The summed E-state index contributed by atoms with van der Waals surface area (Å²) in [4.78, 5) is 34.9. The van der Waals surface area contributed by atoms with Gasteiger partial charge in [0.1, 0.15) is 11.5 Å². The van der Waals surface area contributed by atoms with E-state index in [1.54, 1.807) is 12.3 Å². The normalized spacial score (nSPS) is 18.4. The van der Waals surface area contributed by atoms with E-state index in [4.69, 9.17) is 0 Å². The Kier molecular flexibility index (Phi) is 5.66. The molecule has 2 aliphatic heterocycles. The summed E-state index contributed by atoms with van der Waals surface area (Å²) < 4.78 is 0. The van der Waals surface area contributed by atoms with Crippen LogP contribution < -0.4 is 9.80 Å². The Hall–Kier alpha value is -2.74. The molecule has 0 N–H and O–H groups in total. The minimum absolute atomic E-state index is 0.00604. The Balaban J connectivity index is 1.38. The maximum absolute atomic E-state index is 12.8. The van der Waals surface area contributed by atoms with Crippen LogP contribution in [0.1, 0.15) is 17.4 Å². The molecule has 0 bridgehead atoms. The number of aromatic nitrogens is 3. The quantitative estimate of drug-likeness (QED) is 0.782. The minimum atomic E-state index is 0.00604. The Morgan fingerprint density at radius 2 is 1.64 bits per heavy atom. The average molecular weight is 381 g/mol. The summed E-state index contributed by atoms with van der Waals surface area (Å²) in [6.45, 7) is 9.89. The monoisotopic (exact) mass is 381 g/mol. The van der Waals surface area contributed by atoms with E-state index in [0.717, 1.165) is 64.7 Å². The molecule has 2 aromatic heterocycles. The number of likely N-dealkylation sites (N-methyl/N-ethyl adjacent to an activating group) is 1. The highest BCUT2D eigenvalue weighted by Crippen LogP contribution is 2.16. The number of hydrogen-bond acceptors (Lipinski definition) is 7. The number of anilines is 2. The van der Waals surface area contributed by atoms with E-state index in [9.17, 15) is 4.79 Å². The standard InChI is InChI=1S/C20H27N7O/c1-2-24-9-11-26(12-10-24)19(28)17-6-8-22-20(23-17)27-15-13-25(14-16-27)18-5-3-4-7-21-18/h3-8H,2,9-16H2,1H3. The molecule has 4 heterocycles. The van der Waals surface area contributed by atoms with Gasteiger partial charge in [-0.05, 0) is 24.7 Å². The van der Waals surface area contributed by atoms with E-state index in [1.807, 2.05) is 29.3 Å². The van der Waals surface area contributed by atoms with Crippen molar-refractivity contribution in [2.24, 2.45) is 0 Å². The third-order valence-corrected chi connectivity index (χ3v) is 5.50. The smallest absolute Gasteiger partial charge is 0.272 e. The molecule has 28 heavy (non-hydrogen) atoms. The molecule has 2 aliphatic rings. The Bertz CT molecular complexity index is 784. The molecule has 0 aromatic carbocycles. The largest absolute Gasteiger partial charge is 0.353 e. The van der Waals surface area contributed by atoms with Crippen LogP contribution in [0.15, 0.2) is 36.7 Å². The molecule has 8 nitrogen and oxygen atoms in total. The van der Waals surface area contributed by atoms with E-state index in [0.29, 0.717) is 11.6 Å². The van der Waals surface area contributed by atoms with E-state index >= 15 is 0 Å². The maximum atomic E-state index is 12.8. The van der Waals surface area contributed by atoms with Gasteiger partial charge >= 0.3 is 0 Å². The van der Waals surface area contributed by atoms with Gasteiger partial charge in [0.05, 0.1) is 0 Å². The van der Waals surface area contributed by atoms with Crippen LogP contribution in [0.5, 0.6) is 0 Å². The third kappa shape index (κ3) is 4.06. The zero-order chi connectivity index (χ0) is 19.3. The summed E-state index contributed by atoms with van der Waals surface area (Å²) in [5.41, 5.74) is 0.488. The first-order valence-electron chi connectivity index (χ1n) is 10.00. The van der Waals surface area contributed by atoms with Crippen molar-refractivity contribution in [3.63, 3.8) is 0 Å². The summed E-state index contributed by atoms with van der Waals surface area (Å²) in [6.07, 6.45) is 3.52. The molecule has 2 fully saturated rings. The van der Waals surface area contributed by atoms with Gasteiger partial charge in [0, 0.05) is 64.8 Å². The predicted octanol–water partition coefficient (Wildman–Crippen LogP) is 0.976. The lowest BCUT2D eigenvalue weighted by atomic mass is 10.2. The van der Waals surface area contributed by atoms with Crippen molar-refractivity contribution in [1.29, 1.82) is 0 Å². The number of amides is 1. The summed E-state index contributed by atoms with van der Waals surface area (Å²) in [7, 11) is 0. The molecular formula is C20H27N7O. The lowest BCUT2D eigenvalue weighted by Crippen LogP contribution is -2.49.